The standard InChI is InChI=1S/C24H26N6O3/c1-17-4-3-5-19(14-17)24-26-22(33-28-24)16-30-12-10-29(11-13-30)15-21-25-23(27-32-21)18-6-8-20(31-2)9-7-18/h3-9,14H,10-13,15-16H2,1-2H3. The van der Waals surface area contributed by atoms with E-state index in [0.717, 1.165) is 43.1 Å². The summed E-state index contributed by atoms with van der Waals surface area (Å²) in [6, 6.07) is 15.7. The van der Waals surface area contributed by atoms with Crippen molar-refractivity contribution in [3.05, 3.63) is 65.9 Å². The SMILES string of the molecule is COc1ccc(-c2noc(CN3CCN(Cc4nc(-c5cccc(C)c5)no4)CC3)n2)cc1. The van der Waals surface area contributed by atoms with Gasteiger partial charge in [-0.1, -0.05) is 34.1 Å². The van der Waals surface area contributed by atoms with Crippen molar-refractivity contribution in [1.29, 1.82) is 0 Å². The highest BCUT2D eigenvalue weighted by atomic mass is 16.5. The second kappa shape index (κ2) is 9.51. The topological polar surface area (TPSA) is 93.6 Å². The first kappa shape index (κ1) is 21.3. The Hall–Kier alpha value is -3.56. The van der Waals surface area contributed by atoms with Crippen LogP contribution in [0.25, 0.3) is 22.8 Å². The first-order valence-electron chi connectivity index (χ1n) is 11.0. The molecule has 3 heterocycles. The van der Waals surface area contributed by atoms with E-state index in [1.165, 1.54) is 5.56 Å². The van der Waals surface area contributed by atoms with Gasteiger partial charge in [-0.15, -0.1) is 0 Å². The number of ether oxygens (including phenoxy) is 1. The van der Waals surface area contributed by atoms with Gasteiger partial charge in [0.25, 0.3) is 0 Å². The van der Waals surface area contributed by atoms with Crippen molar-refractivity contribution < 1.29 is 13.8 Å². The van der Waals surface area contributed by atoms with E-state index >= 15 is 0 Å². The quantitative estimate of drug-likeness (QED) is 0.423. The van der Waals surface area contributed by atoms with Gasteiger partial charge in [-0.3, -0.25) is 9.80 Å². The largest absolute Gasteiger partial charge is 0.497 e. The maximum absolute atomic E-state index is 5.49. The van der Waals surface area contributed by atoms with Gasteiger partial charge >= 0.3 is 0 Å². The van der Waals surface area contributed by atoms with E-state index in [2.05, 4.69) is 49.1 Å². The smallest absolute Gasteiger partial charge is 0.241 e. The van der Waals surface area contributed by atoms with Crippen LogP contribution >= 0.6 is 0 Å². The lowest BCUT2D eigenvalue weighted by atomic mass is 10.1. The highest BCUT2D eigenvalue weighted by Crippen LogP contribution is 2.21. The molecule has 5 rings (SSSR count). The molecule has 0 radical (unpaired) electrons. The van der Waals surface area contributed by atoms with Crippen LogP contribution < -0.4 is 4.74 Å². The predicted molar refractivity (Wildman–Crippen MR) is 121 cm³/mol. The molecule has 2 aromatic carbocycles. The van der Waals surface area contributed by atoms with E-state index in [0.29, 0.717) is 36.5 Å². The molecule has 1 aliphatic heterocycles. The summed E-state index contributed by atoms with van der Waals surface area (Å²) in [5, 5.41) is 8.26. The van der Waals surface area contributed by atoms with Gasteiger partial charge in [0.1, 0.15) is 5.75 Å². The molecule has 0 saturated carbocycles. The molecule has 0 bridgehead atoms. The number of benzene rings is 2. The van der Waals surface area contributed by atoms with Crippen molar-refractivity contribution >= 4 is 0 Å². The molecule has 1 aliphatic rings. The lowest BCUT2D eigenvalue weighted by molar-refractivity contribution is 0.103. The van der Waals surface area contributed by atoms with Gasteiger partial charge in [0, 0.05) is 37.3 Å². The van der Waals surface area contributed by atoms with Gasteiger partial charge in [-0.2, -0.15) is 9.97 Å². The molecule has 4 aromatic rings. The Labute approximate surface area is 192 Å². The number of methoxy groups -OCH3 is 1. The third-order valence-electron chi connectivity index (χ3n) is 5.74. The maximum Gasteiger partial charge on any atom is 0.241 e. The normalized spacial score (nSPS) is 15.1. The average Bonchev–Trinajstić information content (AvgIpc) is 3.50. The first-order chi connectivity index (χ1) is 16.2. The van der Waals surface area contributed by atoms with E-state index in [1.54, 1.807) is 7.11 Å². The number of aryl methyl sites for hydroxylation is 1. The number of aromatic nitrogens is 4. The van der Waals surface area contributed by atoms with Crippen LogP contribution in [0.4, 0.5) is 0 Å². The summed E-state index contributed by atoms with van der Waals surface area (Å²) in [6.45, 7) is 6.95. The van der Waals surface area contributed by atoms with Gasteiger partial charge in [-0.25, -0.2) is 0 Å². The molecule has 0 atom stereocenters. The molecule has 9 nitrogen and oxygen atoms in total. The zero-order chi connectivity index (χ0) is 22.6. The monoisotopic (exact) mass is 446 g/mol. The minimum Gasteiger partial charge on any atom is -0.497 e. The minimum absolute atomic E-state index is 0.590. The summed E-state index contributed by atoms with van der Waals surface area (Å²) >= 11 is 0. The highest BCUT2D eigenvalue weighted by molar-refractivity contribution is 5.56. The molecule has 33 heavy (non-hydrogen) atoms. The molecule has 170 valence electrons. The molecular weight excluding hydrogens is 420 g/mol. The van der Waals surface area contributed by atoms with Crippen LogP contribution in [-0.2, 0) is 13.1 Å². The fraction of sp³-hybridized carbons (Fsp3) is 0.333. The molecule has 1 fully saturated rings. The predicted octanol–water partition coefficient (Wildman–Crippen LogP) is 3.42. The molecule has 0 aliphatic carbocycles. The van der Waals surface area contributed by atoms with Crippen LogP contribution in [0.15, 0.2) is 57.6 Å². The number of piperazine rings is 1. The van der Waals surface area contributed by atoms with Crippen LogP contribution in [0.5, 0.6) is 5.75 Å². The number of nitrogens with zero attached hydrogens (tertiary/aromatic N) is 6. The van der Waals surface area contributed by atoms with E-state index < -0.39 is 0 Å². The third kappa shape index (κ3) is 5.10. The lowest BCUT2D eigenvalue weighted by Crippen LogP contribution is -2.45. The second-order valence-electron chi connectivity index (χ2n) is 8.17. The van der Waals surface area contributed by atoms with Crippen molar-refractivity contribution in [2.24, 2.45) is 0 Å². The van der Waals surface area contributed by atoms with Gasteiger partial charge in [0.05, 0.1) is 20.2 Å². The Bertz CT molecular complexity index is 1190. The Kier molecular flexibility index (Phi) is 6.14. The Balaban J connectivity index is 1.12. The summed E-state index contributed by atoms with van der Waals surface area (Å²) in [5.74, 6) is 3.28. The first-order valence-corrected chi connectivity index (χ1v) is 11.0. The molecule has 1 saturated heterocycles. The molecule has 9 heteroatoms. The van der Waals surface area contributed by atoms with Gasteiger partial charge in [0.15, 0.2) is 0 Å². The van der Waals surface area contributed by atoms with Crippen molar-refractivity contribution in [2.45, 2.75) is 20.0 Å². The fourth-order valence-electron chi connectivity index (χ4n) is 3.89. The summed E-state index contributed by atoms with van der Waals surface area (Å²) in [6.07, 6.45) is 0. The molecular formula is C24H26N6O3. The number of hydrogen-bond acceptors (Lipinski definition) is 9. The van der Waals surface area contributed by atoms with Crippen LogP contribution in [0.2, 0.25) is 0 Å². The maximum atomic E-state index is 5.49. The van der Waals surface area contributed by atoms with Crippen molar-refractivity contribution in [1.82, 2.24) is 30.1 Å². The molecule has 0 unspecified atom stereocenters. The molecule has 2 aromatic heterocycles. The number of rotatable bonds is 7. The van der Waals surface area contributed by atoms with E-state index in [4.69, 9.17) is 13.8 Å². The molecule has 0 spiro atoms. The van der Waals surface area contributed by atoms with Gasteiger partial charge in [0.2, 0.25) is 23.4 Å². The van der Waals surface area contributed by atoms with Crippen molar-refractivity contribution in [3.63, 3.8) is 0 Å². The average molecular weight is 447 g/mol. The van der Waals surface area contributed by atoms with Crippen molar-refractivity contribution in [3.8, 4) is 28.5 Å². The number of hydrogen-bond donors (Lipinski definition) is 0. The van der Waals surface area contributed by atoms with Crippen LogP contribution in [-0.4, -0.2) is 63.4 Å². The zero-order valence-corrected chi connectivity index (χ0v) is 18.8. The fourth-order valence-corrected chi connectivity index (χ4v) is 3.89. The molecule has 0 amide bonds. The zero-order valence-electron chi connectivity index (χ0n) is 18.8. The Morgan fingerprint density at radius 3 is 1.91 bits per heavy atom. The third-order valence-corrected chi connectivity index (χ3v) is 5.74. The second-order valence-corrected chi connectivity index (χ2v) is 8.17. The Morgan fingerprint density at radius 2 is 1.36 bits per heavy atom. The summed E-state index contributed by atoms with van der Waals surface area (Å²) in [7, 11) is 1.64. The molecule has 0 N–H and O–H groups in total. The van der Waals surface area contributed by atoms with Crippen LogP contribution in [0, 0.1) is 6.92 Å². The van der Waals surface area contributed by atoms with E-state index in [9.17, 15) is 0 Å². The van der Waals surface area contributed by atoms with Crippen LogP contribution in [0.3, 0.4) is 0 Å². The van der Waals surface area contributed by atoms with Crippen LogP contribution in [0.1, 0.15) is 17.3 Å². The van der Waals surface area contributed by atoms with E-state index in [1.807, 2.05) is 36.4 Å². The van der Waals surface area contributed by atoms with Gasteiger partial charge in [-0.05, 0) is 37.3 Å². The lowest BCUT2D eigenvalue weighted by Gasteiger charge is -2.32. The Morgan fingerprint density at radius 1 is 0.788 bits per heavy atom. The summed E-state index contributed by atoms with van der Waals surface area (Å²) in [4.78, 5) is 13.8. The van der Waals surface area contributed by atoms with E-state index in [-0.39, 0.29) is 0 Å². The summed E-state index contributed by atoms with van der Waals surface area (Å²) in [5.41, 5.74) is 3.05. The minimum atomic E-state index is 0.590. The summed E-state index contributed by atoms with van der Waals surface area (Å²) < 4.78 is 16.2. The highest BCUT2D eigenvalue weighted by Gasteiger charge is 2.21. The van der Waals surface area contributed by atoms with Gasteiger partial charge < -0.3 is 13.8 Å². The van der Waals surface area contributed by atoms with Crippen molar-refractivity contribution in [2.75, 3.05) is 33.3 Å².